The van der Waals surface area contributed by atoms with Gasteiger partial charge in [0.25, 0.3) is 0 Å². The zero-order valence-electron chi connectivity index (χ0n) is 59.3. The van der Waals surface area contributed by atoms with E-state index in [1.54, 1.807) is 118 Å². The predicted octanol–water partition coefficient (Wildman–Crippen LogP) is 18.2. The van der Waals surface area contributed by atoms with Gasteiger partial charge in [0.05, 0.1) is 5.56 Å². The molecule has 4 aromatic carbocycles. The van der Waals surface area contributed by atoms with Crippen LogP contribution in [0.4, 0.5) is 0 Å². The molecule has 0 saturated heterocycles. The van der Waals surface area contributed by atoms with Gasteiger partial charge in [-0.05, 0) is 204 Å². The summed E-state index contributed by atoms with van der Waals surface area (Å²) in [5.74, 6) is 1.25. The van der Waals surface area contributed by atoms with Crippen molar-refractivity contribution >= 4 is 47.8 Å². The Morgan fingerprint density at radius 3 is 1.30 bits per heavy atom. The van der Waals surface area contributed by atoms with Gasteiger partial charge in [0.15, 0.2) is 0 Å². The maximum atomic E-state index is 12.6. The van der Waals surface area contributed by atoms with Gasteiger partial charge in [0, 0.05) is 22.8 Å². The van der Waals surface area contributed by atoms with E-state index >= 15 is 0 Å². The van der Waals surface area contributed by atoms with Crippen LogP contribution >= 0.6 is 0 Å². The number of hydrogen-bond acceptors (Lipinski definition) is 16. The number of benzene rings is 4. The lowest BCUT2D eigenvalue weighted by molar-refractivity contribution is -0.131. The fraction of sp³-hybridized carbons (Fsp3) is 0.506. The SMILES string of the molecule is C=C(C)C(=O)Oc1ccc(C(=O)OC2CC(C)CCC2C(C)C)cc1.C=C(C)C(=O)Oc1ccccc1C(=O)OC1CC(C)CC(C)(C)C1.C=C(C)C(=O)Oc1ccccc1C(=O)OC1CCC2CCCCC2C1.C=CC(=O)Oc1ccccc1C(=O)OC1CC(C)CC(C)(C)C1. The number of fused-ring (bicyclic) bond motifs is 1. The van der Waals surface area contributed by atoms with Crippen molar-refractivity contribution in [1.82, 2.24) is 0 Å². The fourth-order valence-corrected chi connectivity index (χ4v) is 14.3. The predicted molar refractivity (Wildman–Crippen MR) is 374 cm³/mol. The third kappa shape index (κ3) is 24.6. The molecule has 0 radical (unpaired) electrons. The molecule has 0 spiro atoms. The monoisotopic (exact) mass is 1330 g/mol. The summed E-state index contributed by atoms with van der Waals surface area (Å²) in [6.07, 6.45) is 17.9. The van der Waals surface area contributed by atoms with E-state index < -0.39 is 41.8 Å². The Hall–Kier alpha value is -8.40. The summed E-state index contributed by atoms with van der Waals surface area (Å²) in [5.41, 5.74) is 2.52. The van der Waals surface area contributed by atoms with Crippen LogP contribution in [0.15, 0.2) is 146 Å². The Kier molecular flexibility index (Phi) is 29.0. The molecule has 4 aromatic rings. The van der Waals surface area contributed by atoms with E-state index in [-0.39, 0.29) is 75.2 Å². The Morgan fingerprint density at radius 2 is 0.866 bits per heavy atom. The van der Waals surface area contributed by atoms with E-state index in [1.807, 2.05) is 0 Å². The number of para-hydroxylation sites is 3. The second kappa shape index (κ2) is 36.3. The van der Waals surface area contributed by atoms with Crippen molar-refractivity contribution < 1.29 is 76.3 Å². The lowest BCUT2D eigenvalue weighted by atomic mass is 9.70. The molecular weight excluding hydrogens is 1230 g/mol. The van der Waals surface area contributed by atoms with Gasteiger partial charge in [-0.25, -0.2) is 38.4 Å². The molecule has 0 heterocycles. The van der Waals surface area contributed by atoms with E-state index in [4.69, 9.17) is 37.9 Å². The number of rotatable bonds is 17. The summed E-state index contributed by atoms with van der Waals surface area (Å²) >= 11 is 0. The minimum absolute atomic E-state index is 0.0304. The summed E-state index contributed by atoms with van der Waals surface area (Å²) < 4.78 is 43.7. The molecule has 97 heavy (non-hydrogen) atoms. The quantitative estimate of drug-likeness (QED) is 0.0416. The summed E-state index contributed by atoms with van der Waals surface area (Å²) in [7, 11) is 0. The molecule has 16 nitrogen and oxygen atoms in total. The van der Waals surface area contributed by atoms with Gasteiger partial charge in [-0.1, -0.05) is 157 Å². The molecule has 16 heteroatoms. The third-order valence-electron chi connectivity index (χ3n) is 18.7. The van der Waals surface area contributed by atoms with Crippen LogP contribution < -0.4 is 18.9 Å². The average molecular weight is 1330 g/mol. The van der Waals surface area contributed by atoms with Gasteiger partial charge in [-0.3, -0.25) is 0 Å². The molecule has 0 aliphatic heterocycles. The van der Waals surface area contributed by atoms with Crippen LogP contribution in [0.3, 0.4) is 0 Å². The highest BCUT2D eigenvalue weighted by molar-refractivity contribution is 5.97. The standard InChI is InChI=1S/C21H26O4.C21H28O4.C20H26O4.C19H24O4/c1-14(2)20(22)25-19-10-6-5-9-18(19)21(23)24-17-12-11-15-7-3-4-8-16(15)13-17;1-13(2)18-11-6-15(5)12-19(18)25-21(23)16-7-9-17(10-8-16)24-20(22)14(3)4;1-13(2)18(21)24-17-9-7-6-8-16(17)19(22)23-15-10-14(3)11-20(4,5)12-15;1-5-17(20)23-16-9-7-6-8-15(16)18(21)22-14-10-13(2)11-19(3,4)12-14/h5-6,9-10,15-17H,1,3-4,7-8,11-13H2,2H3;7-10,13,15,18-19H,3,6,11-12H2,1-2,4-5H3;6-9,14-15H,1,10-12H2,2-5H3;5-9,13-14H,1,10-12H2,2-4H3. The molecule has 9 rings (SSSR count). The minimum atomic E-state index is -0.599. The van der Waals surface area contributed by atoms with Gasteiger partial charge in [0.1, 0.15) is 64.1 Å². The molecule has 0 amide bonds. The average Bonchev–Trinajstić information content (AvgIpc) is 0.946. The molecule has 0 aromatic heterocycles. The third-order valence-corrected chi connectivity index (χ3v) is 18.7. The Morgan fingerprint density at radius 1 is 0.443 bits per heavy atom. The maximum Gasteiger partial charge on any atom is 0.342 e. The Labute approximate surface area is 575 Å². The molecule has 5 saturated carbocycles. The minimum Gasteiger partial charge on any atom is -0.459 e. The Balaban J connectivity index is 0.000000204. The smallest absolute Gasteiger partial charge is 0.342 e. The molecule has 5 fully saturated rings. The highest BCUT2D eigenvalue weighted by atomic mass is 16.6. The lowest BCUT2D eigenvalue weighted by Crippen LogP contribution is -2.35. The van der Waals surface area contributed by atoms with E-state index in [0.29, 0.717) is 63.5 Å². The van der Waals surface area contributed by atoms with E-state index in [1.165, 1.54) is 32.1 Å². The largest absolute Gasteiger partial charge is 0.459 e. The van der Waals surface area contributed by atoms with Crippen molar-refractivity contribution in [2.45, 2.75) is 210 Å². The first-order valence-electron chi connectivity index (χ1n) is 34.5. The van der Waals surface area contributed by atoms with Crippen LogP contribution in [-0.2, 0) is 38.1 Å². The summed E-state index contributed by atoms with van der Waals surface area (Å²) in [6.45, 7) is 38.5. The summed E-state index contributed by atoms with van der Waals surface area (Å²) in [5, 5.41) is 0. The zero-order valence-corrected chi connectivity index (χ0v) is 59.3. The van der Waals surface area contributed by atoms with Gasteiger partial charge in [-0.15, -0.1) is 0 Å². The number of carbonyl (C=O) groups is 8. The Bertz CT molecular complexity index is 3440. The second-order valence-electron chi connectivity index (χ2n) is 29.4. The molecule has 524 valence electrons. The van der Waals surface area contributed by atoms with Crippen LogP contribution in [0.5, 0.6) is 23.0 Å². The van der Waals surface area contributed by atoms with Crippen LogP contribution in [0, 0.1) is 52.3 Å². The van der Waals surface area contributed by atoms with Gasteiger partial charge < -0.3 is 37.9 Å². The second-order valence-corrected chi connectivity index (χ2v) is 29.4. The topological polar surface area (TPSA) is 210 Å². The number of ether oxygens (including phenoxy) is 8. The van der Waals surface area contributed by atoms with Crippen LogP contribution in [-0.4, -0.2) is 72.2 Å². The molecule has 5 aliphatic carbocycles. The van der Waals surface area contributed by atoms with Gasteiger partial charge >= 0.3 is 47.8 Å². The fourth-order valence-electron chi connectivity index (χ4n) is 14.3. The highest BCUT2D eigenvalue weighted by Gasteiger charge is 2.38. The van der Waals surface area contributed by atoms with E-state index in [2.05, 4.69) is 88.6 Å². The molecular formula is C81H104O16. The summed E-state index contributed by atoms with van der Waals surface area (Å²) in [4.78, 5) is 96.5. The van der Waals surface area contributed by atoms with Crippen molar-refractivity contribution in [3.63, 3.8) is 0 Å². The van der Waals surface area contributed by atoms with Gasteiger partial charge in [0.2, 0.25) is 0 Å². The summed E-state index contributed by atoms with van der Waals surface area (Å²) in [6, 6.07) is 26.4. The zero-order chi connectivity index (χ0) is 71.3. The maximum absolute atomic E-state index is 12.6. The molecule has 0 bridgehead atoms. The van der Waals surface area contributed by atoms with Crippen molar-refractivity contribution in [3.8, 4) is 23.0 Å². The van der Waals surface area contributed by atoms with Crippen molar-refractivity contribution in [2.75, 3.05) is 0 Å². The van der Waals surface area contributed by atoms with Crippen molar-refractivity contribution in [3.05, 3.63) is 168 Å². The molecule has 10 atom stereocenters. The highest BCUT2D eigenvalue weighted by Crippen LogP contribution is 2.44. The first-order chi connectivity index (χ1) is 45.8. The first-order valence-corrected chi connectivity index (χ1v) is 34.5. The molecule has 10 unspecified atom stereocenters. The van der Waals surface area contributed by atoms with Crippen molar-refractivity contribution in [2.24, 2.45) is 52.3 Å². The van der Waals surface area contributed by atoms with Crippen LogP contribution in [0.25, 0.3) is 0 Å². The normalized spacial score (nSPS) is 23.6. The molecule has 5 aliphatic rings. The van der Waals surface area contributed by atoms with Crippen LogP contribution in [0.1, 0.15) is 227 Å². The van der Waals surface area contributed by atoms with Crippen LogP contribution in [0.2, 0.25) is 0 Å². The number of esters is 8. The lowest BCUT2D eigenvalue weighted by Gasteiger charge is -2.38. The number of hydrogen-bond donors (Lipinski definition) is 0. The molecule has 0 N–H and O–H groups in total. The van der Waals surface area contributed by atoms with E-state index in [0.717, 1.165) is 82.6 Å². The number of carbonyl (C=O) groups excluding carboxylic acids is 8. The first kappa shape index (κ1) is 77.6. The van der Waals surface area contributed by atoms with Gasteiger partial charge in [-0.2, -0.15) is 0 Å². The van der Waals surface area contributed by atoms with Crippen molar-refractivity contribution in [1.29, 1.82) is 0 Å². The van der Waals surface area contributed by atoms with E-state index in [9.17, 15) is 38.4 Å².